The number of nitrogens with zero attached hydrogens (tertiary/aromatic N) is 7. The van der Waals surface area contributed by atoms with Crippen LogP contribution in [0.1, 0.15) is 37.0 Å². The molecule has 2 aliphatic rings. The molecule has 0 bridgehead atoms. The number of imide groups is 1. The topological polar surface area (TPSA) is 149 Å². The van der Waals surface area contributed by atoms with Crippen LogP contribution < -0.4 is 26.8 Å². The van der Waals surface area contributed by atoms with E-state index in [2.05, 4.69) is 0 Å². The predicted octanol–water partition coefficient (Wildman–Crippen LogP) is 1.07. The lowest BCUT2D eigenvalue weighted by Gasteiger charge is -2.31. The van der Waals surface area contributed by atoms with E-state index in [0.717, 1.165) is 34.4 Å². The van der Waals surface area contributed by atoms with Crippen LogP contribution in [0.2, 0.25) is 0 Å². The number of hydrogen-bond acceptors (Lipinski definition) is 8. The summed E-state index contributed by atoms with van der Waals surface area (Å²) in [5.41, 5.74) is 6.84. The number of anilines is 2. The molecule has 1 unspecified atom stereocenters. The monoisotopic (exact) mass is 562 g/mol. The maximum absolute atomic E-state index is 13.9. The predicted molar refractivity (Wildman–Crippen MR) is 154 cm³/mol. The van der Waals surface area contributed by atoms with Crippen LogP contribution in [-0.4, -0.2) is 74.0 Å². The summed E-state index contributed by atoms with van der Waals surface area (Å²) in [6.07, 6.45) is 3.75. The summed E-state index contributed by atoms with van der Waals surface area (Å²) in [6, 6.07) is 5.52. The fourth-order valence-corrected chi connectivity index (χ4v) is 5.31. The smallest absolute Gasteiger partial charge is 0.332 e. The summed E-state index contributed by atoms with van der Waals surface area (Å²) in [5, 5.41) is 0. The van der Waals surface area contributed by atoms with Gasteiger partial charge in [-0.2, -0.15) is 4.98 Å². The van der Waals surface area contributed by atoms with Crippen molar-refractivity contribution in [2.24, 2.45) is 12.8 Å². The van der Waals surface area contributed by atoms with Crippen molar-refractivity contribution in [1.29, 1.82) is 0 Å². The number of nitrogens with two attached hydrogens (primary N) is 1. The van der Waals surface area contributed by atoms with Crippen LogP contribution in [0.5, 0.6) is 0 Å². The Kier molecular flexibility index (Phi) is 7.39. The van der Waals surface area contributed by atoms with Crippen LogP contribution in [0.3, 0.4) is 0 Å². The number of aromatic nitrogens is 4. The number of piperidine rings is 1. The average Bonchev–Trinajstić information content (AvgIpc) is 3.44. The Labute approximate surface area is 236 Å². The third-order valence-electron chi connectivity index (χ3n) is 7.50. The molecule has 41 heavy (non-hydrogen) atoms. The highest BCUT2D eigenvalue weighted by Crippen LogP contribution is 2.24. The van der Waals surface area contributed by atoms with Gasteiger partial charge >= 0.3 is 11.7 Å². The largest absolute Gasteiger partial charge is 0.341 e. The average molecular weight is 563 g/mol. The first-order valence-electron chi connectivity index (χ1n) is 13.5. The summed E-state index contributed by atoms with van der Waals surface area (Å²) >= 11 is 0. The number of ketones is 1. The Morgan fingerprint density at radius 2 is 1.88 bits per heavy atom. The molecule has 3 aromatic rings. The molecule has 3 amide bonds. The van der Waals surface area contributed by atoms with Gasteiger partial charge in [-0.3, -0.25) is 23.5 Å². The zero-order valence-corrected chi connectivity index (χ0v) is 23.7. The number of urea groups is 1. The number of imidazole rings is 1. The van der Waals surface area contributed by atoms with Crippen molar-refractivity contribution in [3.63, 3.8) is 0 Å². The van der Waals surface area contributed by atoms with Gasteiger partial charge in [0.1, 0.15) is 6.54 Å². The number of carbonyl (C=O) groups is 3. The van der Waals surface area contributed by atoms with Gasteiger partial charge in [-0.05, 0) is 38.8 Å². The molecule has 13 heteroatoms. The summed E-state index contributed by atoms with van der Waals surface area (Å²) < 4.78 is 3.97. The van der Waals surface area contributed by atoms with Crippen molar-refractivity contribution in [3.05, 3.63) is 62.3 Å². The quantitative estimate of drug-likeness (QED) is 0.255. The molecule has 0 aliphatic carbocycles. The first kappa shape index (κ1) is 28.0. The van der Waals surface area contributed by atoms with E-state index in [0.29, 0.717) is 19.0 Å². The second-order valence-electron chi connectivity index (χ2n) is 10.9. The van der Waals surface area contributed by atoms with Crippen LogP contribution in [0.25, 0.3) is 11.2 Å². The minimum Gasteiger partial charge on any atom is -0.341 e. The highest BCUT2D eigenvalue weighted by atomic mass is 16.2. The van der Waals surface area contributed by atoms with Gasteiger partial charge in [0.25, 0.3) is 11.5 Å². The third kappa shape index (κ3) is 5.08. The summed E-state index contributed by atoms with van der Waals surface area (Å²) in [6.45, 7) is 4.98. The molecular weight excluding hydrogens is 528 g/mol. The second kappa shape index (κ2) is 10.8. The molecule has 0 spiro atoms. The number of likely N-dealkylation sites (N-methyl/N-ethyl adjacent to an activating group) is 1. The number of allylic oxidation sites excluding steroid dienone is 2. The Bertz CT molecular complexity index is 1710. The number of aryl methyl sites for hydroxylation is 1. The minimum absolute atomic E-state index is 0.0270. The number of hydrogen-bond donors (Lipinski definition) is 1. The van der Waals surface area contributed by atoms with Crippen molar-refractivity contribution in [1.82, 2.24) is 23.6 Å². The first-order chi connectivity index (χ1) is 19.5. The van der Waals surface area contributed by atoms with E-state index in [9.17, 15) is 24.0 Å². The zero-order valence-electron chi connectivity index (χ0n) is 23.7. The summed E-state index contributed by atoms with van der Waals surface area (Å²) in [7, 11) is 3.04. The Morgan fingerprint density at radius 3 is 2.54 bits per heavy atom. The SMILES string of the molecule is CC(C)=CCn1c(N2CCCC(N)C2)nc2c1c(=O)n(CC(=O)c1cccc(N3C(=O)CN(C)C3=O)c1)c(=O)n2C. The Hall–Kier alpha value is -4.52. The highest BCUT2D eigenvalue weighted by Gasteiger charge is 2.35. The number of carbonyl (C=O) groups excluding carboxylic acids is 3. The summed E-state index contributed by atoms with van der Waals surface area (Å²) in [5.74, 6) is -0.371. The fraction of sp³-hybridized carbons (Fsp3) is 0.429. The standard InChI is InChI=1S/C28H34N8O5/c1-17(2)10-12-34-23-24(30-26(34)33-11-6-8-19(29)14-33)32(4)28(41)35(25(23)39)15-21(37)18-7-5-9-20(13-18)36-22(38)16-31(3)27(36)40/h5,7,9-10,13,19H,6,8,11-12,14-16,29H2,1-4H3. The number of benzene rings is 1. The molecule has 1 aromatic carbocycles. The molecule has 2 N–H and O–H groups in total. The molecule has 4 heterocycles. The number of fused-ring (bicyclic) bond motifs is 1. The third-order valence-corrected chi connectivity index (χ3v) is 7.50. The molecule has 2 aliphatic heterocycles. The van der Waals surface area contributed by atoms with Crippen molar-refractivity contribution < 1.29 is 14.4 Å². The van der Waals surface area contributed by atoms with Crippen LogP contribution in [0.15, 0.2) is 45.5 Å². The maximum atomic E-state index is 13.9. The first-order valence-corrected chi connectivity index (χ1v) is 13.5. The van der Waals surface area contributed by atoms with E-state index in [1.807, 2.05) is 24.8 Å². The van der Waals surface area contributed by atoms with Gasteiger partial charge in [0.05, 0.1) is 12.2 Å². The second-order valence-corrected chi connectivity index (χ2v) is 10.9. The lowest BCUT2D eigenvalue weighted by atomic mass is 10.1. The molecule has 5 rings (SSSR count). The van der Waals surface area contributed by atoms with E-state index in [4.69, 9.17) is 10.7 Å². The van der Waals surface area contributed by atoms with Gasteiger partial charge in [-0.15, -0.1) is 0 Å². The van der Waals surface area contributed by atoms with E-state index in [-0.39, 0.29) is 35.0 Å². The Morgan fingerprint density at radius 1 is 1.12 bits per heavy atom. The minimum atomic E-state index is -0.674. The van der Waals surface area contributed by atoms with Crippen LogP contribution >= 0.6 is 0 Å². The van der Waals surface area contributed by atoms with Gasteiger partial charge in [0.15, 0.2) is 16.9 Å². The van der Waals surface area contributed by atoms with Crippen LogP contribution in [-0.2, 0) is 24.9 Å². The van der Waals surface area contributed by atoms with E-state index in [1.165, 1.54) is 35.7 Å². The van der Waals surface area contributed by atoms with Gasteiger partial charge in [-0.25, -0.2) is 14.5 Å². The highest BCUT2D eigenvalue weighted by molar-refractivity contribution is 6.20. The van der Waals surface area contributed by atoms with E-state index < -0.39 is 35.5 Å². The zero-order chi connectivity index (χ0) is 29.6. The van der Waals surface area contributed by atoms with Crippen molar-refractivity contribution in [2.75, 3.05) is 36.5 Å². The summed E-state index contributed by atoms with van der Waals surface area (Å²) in [4.78, 5) is 74.4. The van der Waals surface area contributed by atoms with E-state index in [1.54, 1.807) is 16.7 Å². The van der Waals surface area contributed by atoms with Crippen LogP contribution in [0, 0.1) is 0 Å². The normalized spacial score (nSPS) is 17.6. The van der Waals surface area contributed by atoms with Gasteiger partial charge in [0.2, 0.25) is 5.95 Å². The number of rotatable bonds is 7. The molecule has 0 radical (unpaired) electrons. The van der Waals surface area contributed by atoms with Crippen molar-refractivity contribution in [2.45, 2.75) is 45.8 Å². The van der Waals surface area contributed by atoms with Gasteiger partial charge in [0, 0.05) is 45.3 Å². The van der Waals surface area contributed by atoms with Crippen molar-refractivity contribution in [3.8, 4) is 0 Å². The number of amides is 3. The molecule has 2 fully saturated rings. The molecule has 1 atom stereocenters. The molecule has 2 aromatic heterocycles. The lowest BCUT2D eigenvalue weighted by molar-refractivity contribution is -0.116. The van der Waals surface area contributed by atoms with Crippen LogP contribution in [0.4, 0.5) is 16.4 Å². The number of Topliss-reactive ketones (excluding diaryl/α,β-unsaturated/α-hetero) is 1. The molecular formula is C28H34N8O5. The Balaban J connectivity index is 1.57. The maximum Gasteiger partial charge on any atom is 0.332 e. The molecule has 216 valence electrons. The fourth-order valence-electron chi connectivity index (χ4n) is 5.31. The van der Waals surface area contributed by atoms with Crippen molar-refractivity contribution >= 4 is 40.5 Å². The van der Waals surface area contributed by atoms with Gasteiger partial charge in [-0.1, -0.05) is 23.8 Å². The lowest BCUT2D eigenvalue weighted by Crippen LogP contribution is -2.44. The van der Waals surface area contributed by atoms with Gasteiger partial charge < -0.3 is 20.1 Å². The molecule has 13 nitrogen and oxygen atoms in total. The molecule has 0 saturated carbocycles. The van der Waals surface area contributed by atoms with E-state index >= 15 is 0 Å². The molecule has 2 saturated heterocycles.